The molecule has 0 aliphatic rings. The summed E-state index contributed by atoms with van der Waals surface area (Å²) in [5, 5.41) is 17.8. The van der Waals surface area contributed by atoms with Crippen molar-refractivity contribution in [1.82, 2.24) is 0 Å². The third kappa shape index (κ3) is 4.53. The maximum atomic E-state index is 12.0. The lowest BCUT2D eigenvalue weighted by atomic mass is 9.80. The van der Waals surface area contributed by atoms with E-state index in [9.17, 15) is 13.2 Å². The Balaban J connectivity index is 3.03. The predicted octanol–water partition coefficient (Wildman–Crippen LogP) is 0.664. The molecule has 4 nitrogen and oxygen atoms in total. The third-order valence-electron chi connectivity index (χ3n) is 1.75. The first-order valence-corrected chi connectivity index (χ1v) is 4.71. The molecule has 0 radical (unpaired) electrons. The van der Waals surface area contributed by atoms with Gasteiger partial charge in [-0.15, -0.1) is 13.2 Å². The van der Waals surface area contributed by atoms with E-state index in [1.807, 2.05) is 0 Å². The fourth-order valence-electron chi connectivity index (χ4n) is 1.19. The fraction of sp³-hybridized carbons (Fsp3) is 0.333. The van der Waals surface area contributed by atoms with E-state index in [2.05, 4.69) is 4.74 Å². The zero-order valence-corrected chi connectivity index (χ0v) is 8.86. The number of ether oxygens (including phenoxy) is 2. The molecule has 0 unspecified atom stereocenters. The number of benzene rings is 1. The van der Waals surface area contributed by atoms with Crippen molar-refractivity contribution in [3.63, 3.8) is 0 Å². The van der Waals surface area contributed by atoms with E-state index in [0.29, 0.717) is 0 Å². The van der Waals surface area contributed by atoms with Crippen molar-refractivity contribution in [2.45, 2.75) is 13.3 Å². The molecule has 0 fully saturated rings. The predicted molar refractivity (Wildman–Crippen MR) is 54.1 cm³/mol. The summed E-state index contributed by atoms with van der Waals surface area (Å²) in [4.78, 5) is 0. The summed E-state index contributed by atoms with van der Waals surface area (Å²) in [6.45, 7) is 1.88. The summed E-state index contributed by atoms with van der Waals surface area (Å²) in [6.07, 6.45) is -4.84. The van der Waals surface area contributed by atoms with Crippen molar-refractivity contribution in [3.05, 3.63) is 18.2 Å². The maximum absolute atomic E-state index is 12.0. The van der Waals surface area contributed by atoms with Crippen molar-refractivity contribution in [2.24, 2.45) is 0 Å². The minimum atomic E-state index is -4.84. The quantitative estimate of drug-likeness (QED) is 0.771. The summed E-state index contributed by atoms with van der Waals surface area (Å²) in [5.41, 5.74) is -0.143. The van der Waals surface area contributed by atoms with Gasteiger partial charge in [0.05, 0.1) is 6.61 Å². The first-order valence-electron chi connectivity index (χ1n) is 4.71. The molecule has 17 heavy (non-hydrogen) atoms. The van der Waals surface area contributed by atoms with Gasteiger partial charge in [-0.1, -0.05) is 0 Å². The molecule has 2 N–H and O–H groups in total. The van der Waals surface area contributed by atoms with Crippen LogP contribution >= 0.6 is 0 Å². The summed E-state index contributed by atoms with van der Waals surface area (Å²) < 4.78 is 44.7. The van der Waals surface area contributed by atoms with Crippen LogP contribution in [0.25, 0.3) is 0 Å². The largest absolute Gasteiger partial charge is 0.573 e. The Morgan fingerprint density at radius 1 is 1.18 bits per heavy atom. The Hall–Kier alpha value is -1.41. The monoisotopic (exact) mass is 250 g/mol. The summed E-state index contributed by atoms with van der Waals surface area (Å²) >= 11 is 0. The van der Waals surface area contributed by atoms with Crippen LogP contribution in [0, 0.1) is 0 Å². The highest BCUT2D eigenvalue weighted by Gasteiger charge is 2.31. The molecule has 94 valence electrons. The van der Waals surface area contributed by atoms with Crippen LogP contribution in [0.3, 0.4) is 0 Å². The molecule has 0 amide bonds. The fourth-order valence-corrected chi connectivity index (χ4v) is 1.19. The molecule has 0 heterocycles. The normalized spacial score (nSPS) is 11.2. The Morgan fingerprint density at radius 3 is 2.24 bits per heavy atom. The van der Waals surface area contributed by atoms with Crippen LogP contribution in [0.1, 0.15) is 6.92 Å². The first kappa shape index (κ1) is 13.7. The minimum absolute atomic E-state index is 0.0670. The van der Waals surface area contributed by atoms with Crippen LogP contribution in [-0.4, -0.2) is 30.1 Å². The SMILES string of the molecule is CCOc1cc(OC(F)(F)F)cc(B(O)O)c1. The number of halogens is 3. The van der Waals surface area contributed by atoms with E-state index >= 15 is 0 Å². The van der Waals surface area contributed by atoms with E-state index < -0.39 is 19.2 Å². The van der Waals surface area contributed by atoms with E-state index in [1.165, 1.54) is 6.07 Å². The first-order chi connectivity index (χ1) is 7.81. The van der Waals surface area contributed by atoms with Crippen LogP contribution in [-0.2, 0) is 0 Å². The molecule has 0 saturated heterocycles. The molecule has 0 bridgehead atoms. The van der Waals surface area contributed by atoms with E-state index in [4.69, 9.17) is 14.8 Å². The number of hydrogen-bond acceptors (Lipinski definition) is 4. The molecule has 1 aromatic rings. The van der Waals surface area contributed by atoms with E-state index in [-0.39, 0.29) is 17.8 Å². The second kappa shape index (κ2) is 5.28. The van der Waals surface area contributed by atoms with Crippen LogP contribution in [0.4, 0.5) is 13.2 Å². The highest BCUT2D eigenvalue weighted by atomic mass is 19.4. The van der Waals surface area contributed by atoms with Gasteiger partial charge in [0.1, 0.15) is 11.5 Å². The van der Waals surface area contributed by atoms with Crippen LogP contribution < -0.4 is 14.9 Å². The smallest absolute Gasteiger partial charge is 0.494 e. The van der Waals surface area contributed by atoms with Gasteiger partial charge >= 0.3 is 13.5 Å². The lowest BCUT2D eigenvalue weighted by molar-refractivity contribution is -0.274. The molecule has 0 aliphatic carbocycles. The Bertz CT molecular complexity index is 381. The second-order valence-electron chi connectivity index (χ2n) is 3.09. The molecule has 0 aliphatic heterocycles. The second-order valence-corrected chi connectivity index (χ2v) is 3.09. The topological polar surface area (TPSA) is 58.9 Å². The van der Waals surface area contributed by atoms with Gasteiger partial charge in [0.15, 0.2) is 0 Å². The van der Waals surface area contributed by atoms with E-state index in [0.717, 1.165) is 12.1 Å². The molecule has 0 saturated carbocycles. The van der Waals surface area contributed by atoms with Crippen molar-refractivity contribution >= 4 is 12.6 Å². The molecule has 0 spiro atoms. The molecule has 0 aromatic heterocycles. The van der Waals surface area contributed by atoms with Crippen molar-refractivity contribution in [1.29, 1.82) is 0 Å². The maximum Gasteiger partial charge on any atom is 0.573 e. The van der Waals surface area contributed by atoms with Gasteiger partial charge in [0, 0.05) is 6.07 Å². The summed E-state index contributed by atoms with van der Waals surface area (Å²) in [6, 6.07) is 3.11. The van der Waals surface area contributed by atoms with E-state index in [1.54, 1.807) is 6.92 Å². The lowest BCUT2D eigenvalue weighted by Crippen LogP contribution is -2.30. The van der Waals surface area contributed by atoms with Crippen LogP contribution in [0.15, 0.2) is 18.2 Å². The average Bonchev–Trinajstić information content (AvgIpc) is 2.14. The van der Waals surface area contributed by atoms with Gasteiger partial charge in [-0.2, -0.15) is 0 Å². The van der Waals surface area contributed by atoms with Crippen molar-refractivity contribution in [3.8, 4) is 11.5 Å². The Morgan fingerprint density at radius 2 is 1.76 bits per heavy atom. The van der Waals surface area contributed by atoms with Crippen molar-refractivity contribution < 1.29 is 32.7 Å². The number of rotatable bonds is 4. The van der Waals surface area contributed by atoms with Crippen LogP contribution in [0.5, 0.6) is 11.5 Å². The van der Waals surface area contributed by atoms with Crippen molar-refractivity contribution in [2.75, 3.05) is 6.61 Å². The third-order valence-corrected chi connectivity index (χ3v) is 1.75. The van der Waals surface area contributed by atoms with Crippen LogP contribution in [0.2, 0.25) is 0 Å². The molecule has 0 atom stereocenters. The number of alkyl halides is 3. The standard InChI is InChI=1S/C9H10BF3O4/c1-2-16-7-3-6(10(14)15)4-8(5-7)17-9(11,12)13/h3-5,14-15H,2H2,1H3. The van der Waals surface area contributed by atoms with Gasteiger partial charge in [-0.3, -0.25) is 0 Å². The Labute approximate surface area is 95.7 Å². The van der Waals surface area contributed by atoms with Gasteiger partial charge in [-0.25, -0.2) is 0 Å². The summed E-state index contributed by atoms with van der Waals surface area (Å²) in [7, 11) is -1.90. The summed E-state index contributed by atoms with van der Waals surface area (Å²) in [5.74, 6) is -0.496. The minimum Gasteiger partial charge on any atom is -0.494 e. The van der Waals surface area contributed by atoms with Gasteiger partial charge in [0.2, 0.25) is 0 Å². The molecular formula is C9H10BF3O4. The van der Waals surface area contributed by atoms with Gasteiger partial charge in [-0.05, 0) is 24.5 Å². The average molecular weight is 250 g/mol. The highest BCUT2D eigenvalue weighted by molar-refractivity contribution is 6.58. The molecule has 8 heteroatoms. The zero-order chi connectivity index (χ0) is 13.1. The van der Waals surface area contributed by atoms with Gasteiger partial charge in [0.25, 0.3) is 0 Å². The number of hydrogen-bond donors (Lipinski definition) is 2. The highest BCUT2D eigenvalue weighted by Crippen LogP contribution is 2.25. The molecular weight excluding hydrogens is 240 g/mol. The molecule has 1 aromatic carbocycles. The zero-order valence-electron chi connectivity index (χ0n) is 8.86. The Kier molecular flexibility index (Phi) is 4.25. The lowest BCUT2D eigenvalue weighted by Gasteiger charge is -2.12. The molecule has 1 rings (SSSR count). The van der Waals surface area contributed by atoms with Gasteiger partial charge < -0.3 is 19.5 Å².